The number of ketones is 1. The molecular formula is C21H37O7P-2. The Labute approximate surface area is 175 Å². The van der Waals surface area contributed by atoms with Gasteiger partial charge in [-0.25, -0.2) is 0 Å². The number of hydrogen-bond donors (Lipinski definition) is 0. The number of Topliss-reactive ketones (excluding diaryl/α,β-unsaturated/α-hetero) is 1. The van der Waals surface area contributed by atoms with Gasteiger partial charge in [0.25, 0.3) is 0 Å². The van der Waals surface area contributed by atoms with E-state index in [4.69, 9.17) is 4.74 Å². The molecule has 0 aliphatic carbocycles. The van der Waals surface area contributed by atoms with E-state index in [1.54, 1.807) is 0 Å². The summed E-state index contributed by atoms with van der Waals surface area (Å²) in [5.41, 5.74) is 0. The Morgan fingerprint density at radius 2 is 1.31 bits per heavy atom. The van der Waals surface area contributed by atoms with Crippen molar-refractivity contribution in [1.29, 1.82) is 0 Å². The van der Waals surface area contributed by atoms with Gasteiger partial charge >= 0.3 is 5.97 Å². The largest absolute Gasteiger partial charge is 0.790 e. The van der Waals surface area contributed by atoms with Crippen molar-refractivity contribution in [1.82, 2.24) is 0 Å². The molecule has 0 rings (SSSR count). The maximum absolute atomic E-state index is 11.5. The van der Waals surface area contributed by atoms with Gasteiger partial charge in [-0.2, -0.15) is 0 Å². The third-order valence-electron chi connectivity index (χ3n) is 4.42. The van der Waals surface area contributed by atoms with E-state index in [1.165, 1.54) is 44.9 Å². The second-order valence-electron chi connectivity index (χ2n) is 7.25. The number of hydrogen-bond acceptors (Lipinski definition) is 7. The highest BCUT2D eigenvalue weighted by Crippen LogP contribution is 2.23. The number of phosphoric acid groups is 1. The predicted molar refractivity (Wildman–Crippen MR) is 109 cm³/mol. The fraction of sp³-hybridized carbons (Fsp3) is 0.810. The minimum atomic E-state index is -5.18. The van der Waals surface area contributed by atoms with E-state index in [0.29, 0.717) is 6.42 Å². The van der Waals surface area contributed by atoms with Crippen LogP contribution in [0.2, 0.25) is 0 Å². The number of rotatable bonds is 20. The zero-order valence-electron chi connectivity index (χ0n) is 17.8. The Hall–Kier alpha value is -1.01. The molecule has 0 aromatic carbocycles. The Morgan fingerprint density at radius 1 is 0.793 bits per heavy atom. The fourth-order valence-corrected chi connectivity index (χ4v) is 3.07. The Balaban J connectivity index is 3.39. The summed E-state index contributed by atoms with van der Waals surface area (Å²) < 4.78 is 18.8. The predicted octanol–water partition coefficient (Wildman–Crippen LogP) is 3.98. The molecule has 0 atom stereocenters. The second-order valence-corrected chi connectivity index (χ2v) is 8.41. The molecule has 0 aromatic heterocycles. The molecule has 0 aliphatic heterocycles. The first-order valence-electron chi connectivity index (χ1n) is 10.8. The Kier molecular flexibility index (Phi) is 18.3. The second kappa shape index (κ2) is 19.0. The molecule has 0 saturated carbocycles. The van der Waals surface area contributed by atoms with Crippen LogP contribution in [-0.4, -0.2) is 25.0 Å². The van der Waals surface area contributed by atoms with Crippen LogP contribution in [0.25, 0.3) is 0 Å². The summed E-state index contributed by atoms with van der Waals surface area (Å²) in [6.45, 7) is 0.756. The van der Waals surface area contributed by atoms with Gasteiger partial charge in [0.1, 0.15) is 6.61 Å². The number of carbonyl (C=O) groups excluding carboxylic acids is 2. The number of esters is 1. The third kappa shape index (κ3) is 23.1. The lowest BCUT2D eigenvalue weighted by Crippen LogP contribution is -2.23. The van der Waals surface area contributed by atoms with Crippen LogP contribution in [0.5, 0.6) is 0 Å². The van der Waals surface area contributed by atoms with Crippen molar-refractivity contribution in [2.24, 2.45) is 0 Å². The van der Waals surface area contributed by atoms with Crippen molar-refractivity contribution in [3.63, 3.8) is 0 Å². The van der Waals surface area contributed by atoms with Gasteiger partial charge in [-0.15, -0.1) is 0 Å². The molecular weight excluding hydrogens is 395 g/mol. The van der Waals surface area contributed by atoms with Gasteiger partial charge in [0.15, 0.2) is 12.4 Å². The van der Waals surface area contributed by atoms with Gasteiger partial charge in [-0.05, 0) is 32.1 Å². The lowest BCUT2D eigenvalue weighted by atomic mass is 10.1. The van der Waals surface area contributed by atoms with Gasteiger partial charge in [-0.1, -0.05) is 70.4 Å². The highest BCUT2D eigenvalue weighted by atomic mass is 31.2. The first-order valence-corrected chi connectivity index (χ1v) is 12.3. The van der Waals surface area contributed by atoms with Crippen molar-refractivity contribution >= 4 is 19.6 Å². The number of unbranched alkanes of at least 4 members (excludes halogenated alkanes) is 11. The van der Waals surface area contributed by atoms with Crippen LogP contribution >= 0.6 is 7.82 Å². The molecule has 0 saturated heterocycles. The number of ether oxygens (including phenoxy) is 1. The summed E-state index contributed by atoms with van der Waals surface area (Å²) in [4.78, 5) is 43.1. The Morgan fingerprint density at radius 3 is 1.86 bits per heavy atom. The molecule has 0 heterocycles. The van der Waals surface area contributed by atoms with Gasteiger partial charge in [0, 0.05) is 6.42 Å². The number of carbonyl (C=O) groups is 2. The molecule has 0 spiro atoms. The highest BCUT2D eigenvalue weighted by Gasteiger charge is 2.08. The van der Waals surface area contributed by atoms with Crippen LogP contribution in [0.3, 0.4) is 0 Å². The summed E-state index contributed by atoms with van der Waals surface area (Å²) >= 11 is 0. The van der Waals surface area contributed by atoms with Crippen molar-refractivity contribution < 1.29 is 33.2 Å². The zero-order chi connectivity index (χ0) is 21.8. The van der Waals surface area contributed by atoms with E-state index in [0.717, 1.165) is 32.1 Å². The average Bonchev–Trinajstić information content (AvgIpc) is 2.67. The maximum atomic E-state index is 11.5. The molecule has 0 radical (unpaired) electrons. The van der Waals surface area contributed by atoms with Crippen molar-refractivity contribution in [3.8, 4) is 0 Å². The van der Waals surface area contributed by atoms with E-state index in [9.17, 15) is 23.9 Å². The zero-order valence-corrected chi connectivity index (χ0v) is 18.7. The fourth-order valence-electron chi connectivity index (χ4n) is 2.77. The van der Waals surface area contributed by atoms with Crippen molar-refractivity contribution in [2.75, 3.05) is 13.2 Å². The number of phosphoric ester groups is 1. The average molecular weight is 432 g/mol. The minimum absolute atomic E-state index is 0.216. The molecule has 0 aliphatic rings. The topological polar surface area (TPSA) is 116 Å². The summed E-state index contributed by atoms with van der Waals surface area (Å²) in [7, 11) is -5.18. The molecule has 7 nitrogen and oxygen atoms in total. The Bertz CT molecular complexity index is 499. The van der Waals surface area contributed by atoms with Crippen LogP contribution in [0.1, 0.15) is 96.8 Å². The normalized spacial score (nSPS) is 11.8. The van der Waals surface area contributed by atoms with Crippen LogP contribution in [-0.2, 0) is 23.4 Å². The summed E-state index contributed by atoms with van der Waals surface area (Å²) in [5.74, 6) is -1.28. The van der Waals surface area contributed by atoms with Crippen molar-refractivity contribution in [2.45, 2.75) is 96.8 Å². The first kappa shape index (κ1) is 28.0. The van der Waals surface area contributed by atoms with Gasteiger partial charge in [-0.3, -0.25) is 9.59 Å². The SMILES string of the molecule is CCCCCCCC/C=C\CCCCCCCC(=O)OCC(=O)COP(=O)([O-])[O-]. The van der Waals surface area contributed by atoms with Crippen LogP contribution in [0.4, 0.5) is 0 Å². The van der Waals surface area contributed by atoms with Gasteiger partial charge < -0.3 is 23.6 Å². The molecule has 0 aromatic rings. The van der Waals surface area contributed by atoms with E-state index >= 15 is 0 Å². The monoisotopic (exact) mass is 432 g/mol. The lowest BCUT2D eigenvalue weighted by molar-refractivity contribution is -0.341. The summed E-state index contributed by atoms with van der Waals surface area (Å²) in [5, 5.41) is 0. The van der Waals surface area contributed by atoms with Crippen LogP contribution < -0.4 is 9.79 Å². The molecule has 0 N–H and O–H groups in total. The molecule has 29 heavy (non-hydrogen) atoms. The molecule has 0 amide bonds. The van der Waals surface area contributed by atoms with Crippen molar-refractivity contribution in [3.05, 3.63) is 12.2 Å². The highest BCUT2D eigenvalue weighted by molar-refractivity contribution is 7.43. The molecule has 0 unspecified atom stereocenters. The minimum Gasteiger partial charge on any atom is -0.790 e. The molecule has 170 valence electrons. The lowest BCUT2D eigenvalue weighted by Gasteiger charge is -2.27. The van der Waals surface area contributed by atoms with E-state index in [1.807, 2.05) is 0 Å². The van der Waals surface area contributed by atoms with E-state index in [2.05, 4.69) is 23.6 Å². The van der Waals surface area contributed by atoms with E-state index < -0.39 is 32.8 Å². The van der Waals surface area contributed by atoms with Gasteiger partial charge in [0.05, 0.1) is 7.82 Å². The van der Waals surface area contributed by atoms with E-state index in [-0.39, 0.29) is 6.42 Å². The standard InChI is InChI=1S/C21H39O7P/c1-2-3-4-5-6-7-8-9-10-11-12-13-14-15-16-17-21(23)27-18-20(22)19-28-29(24,25)26/h9-10H,2-8,11-19H2,1H3,(H2,24,25,26)/p-2/b10-9-. The first-order chi connectivity index (χ1) is 13.8. The number of allylic oxidation sites excluding steroid dienone is 2. The third-order valence-corrected chi connectivity index (χ3v) is 4.87. The molecule has 8 heteroatoms. The van der Waals surface area contributed by atoms with Crippen LogP contribution in [0.15, 0.2) is 12.2 Å². The smallest absolute Gasteiger partial charge is 0.306 e. The quantitative estimate of drug-likeness (QED) is 0.124. The molecule has 0 fully saturated rings. The summed E-state index contributed by atoms with van der Waals surface area (Å²) in [6, 6.07) is 0. The maximum Gasteiger partial charge on any atom is 0.306 e. The van der Waals surface area contributed by atoms with Gasteiger partial charge in [0.2, 0.25) is 0 Å². The summed E-state index contributed by atoms with van der Waals surface area (Å²) in [6.07, 6.45) is 19.9. The van der Waals surface area contributed by atoms with Crippen LogP contribution in [0, 0.1) is 0 Å². The molecule has 0 bridgehead atoms.